The van der Waals surface area contributed by atoms with Gasteiger partial charge in [-0.15, -0.1) is 11.3 Å². The van der Waals surface area contributed by atoms with Crippen LogP contribution in [0.4, 0.5) is 0 Å². The van der Waals surface area contributed by atoms with Crippen LogP contribution >= 0.6 is 22.7 Å². The fourth-order valence-corrected chi connectivity index (χ4v) is 5.49. The lowest BCUT2D eigenvalue weighted by Crippen LogP contribution is -2.46. The second-order valence-corrected chi connectivity index (χ2v) is 8.55. The van der Waals surface area contributed by atoms with Gasteiger partial charge >= 0.3 is 0 Å². The van der Waals surface area contributed by atoms with Crippen molar-refractivity contribution in [1.29, 1.82) is 0 Å². The third-order valence-corrected chi connectivity index (χ3v) is 6.96. The summed E-state index contributed by atoms with van der Waals surface area (Å²) in [6, 6.07) is 2.01. The van der Waals surface area contributed by atoms with E-state index >= 15 is 0 Å². The molecule has 6 heteroatoms. The highest BCUT2D eigenvalue weighted by Crippen LogP contribution is 2.31. The molecule has 0 spiro atoms. The molecule has 4 nitrogen and oxygen atoms in total. The number of piperidine rings is 1. The zero-order valence-corrected chi connectivity index (χ0v) is 15.8. The van der Waals surface area contributed by atoms with Gasteiger partial charge in [-0.05, 0) is 55.5 Å². The predicted octanol–water partition coefficient (Wildman–Crippen LogP) is 3.72. The Morgan fingerprint density at radius 2 is 1.92 bits per heavy atom. The van der Waals surface area contributed by atoms with E-state index in [1.54, 1.807) is 11.3 Å². The Bertz CT molecular complexity index is 758. The molecule has 1 fully saturated rings. The van der Waals surface area contributed by atoms with Crippen molar-refractivity contribution < 1.29 is 9.59 Å². The first-order valence-electron chi connectivity index (χ1n) is 8.94. The largest absolute Gasteiger partial charge is 0.349 e. The predicted molar refractivity (Wildman–Crippen MR) is 102 cm³/mol. The van der Waals surface area contributed by atoms with Crippen LogP contribution in [0.1, 0.15) is 56.8 Å². The van der Waals surface area contributed by atoms with Gasteiger partial charge in [0.15, 0.2) is 0 Å². The highest BCUT2D eigenvalue weighted by molar-refractivity contribution is 7.10. The first kappa shape index (κ1) is 16.8. The highest BCUT2D eigenvalue weighted by atomic mass is 32.1. The number of thiophene rings is 2. The second kappa shape index (κ2) is 7.30. The molecule has 0 bridgehead atoms. The maximum atomic E-state index is 12.9. The van der Waals surface area contributed by atoms with E-state index in [1.807, 2.05) is 21.7 Å². The van der Waals surface area contributed by atoms with E-state index in [4.69, 9.17) is 0 Å². The average Bonchev–Trinajstić information content (AvgIpc) is 3.32. The third-order valence-electron chi connectivity index (χ3n) is 5.19. The van der Waals surface area contributed by atoms with Crippen molar-refractivity contribution in [3.63, 3.8) is 0 Å². The minimum absolute atomic E-state index is 0.00192. The lowest BCUT2D eigenvalue weighted by atomic mass is 9.95. The van der Waals surface area contributed by atoms with E-state index in [9.17, 15) is 9.59 Å². The number of rotatable bonds is 3. The maximum Gasteiger partial charge on any atom is 0.254 e. The number of carbonyl (C=O) groups is 2. The Hall–Kier alpha value is -1.66. The molecule has 0 unspecified atom stereocenters. The molecule has 0 atom stereocenters. The molecular weight excluding hydrogens is 352 g/mol. The van der Waals surface area contributed by atoms with Crippen molar-refractivity contribution in [2.24, 2.45) is 0 Å². The van der Waals surface area contributed by atoms with Crippen LogP contribution in [-0.2, 0) is 12.8 Å². The summed E-state index contributed by atoms with van der Waals surface area (Å²) in [5, 5.41) is 8.94. The number of likely N-dealkylation sites (tertiary alicyclic amines) is 1. The molecule has 2 aromatic rings. The summed E-state index contributed by atoms with van der Waals surface area (Å²) in [5.74, 6) is 0.181. The highest BCUT2D eigenvalue weighted by Gasteiger charge is 2.28. The Kier molecular flexibility index (Phi) is 4.90. The van der Waals surface area contributed by atoms with Gasteiger partial charge in [0.25, 0.3) is 11.8 Å². The number of carbonyl (C=O) groups excluding carboxylic acids is 2. The van der Waals surface area contributed by atoms with E-state index in [2.05, 4.69) is 10.7 Å². The lowest BCUT2D eigenvalue weighted by molar-refractivity contribution is 0.0697. The Morgan fingerprint density at radius 3 is 2.68 bits per heavy atom. The molecule has 2 aliphatic rings. The Morgan fingerprint density at radius 1 is 1.12 bits per heavy atom. The fraction of sp³-hybridized carbons (Fsp3) is 0.474. The summed E-state index contributed by atoms with van der Waals surface area (Å²) in [4.78, 5) is 28.4. The molecule has 25 heavy (non-hydrogen) atoms. The number of fused-ring (bicyclic) bond motifs is 1. The van der Waals surface area contributed by atoms with Crippen LogP contribution in [0.25, 0.3) is 0 Å². The zero-order valence-electron chi connectivity index (χ0n) is 14.1. The summed E-state index contributed by atoms with van der Waals surface area (Å²) >= 11 is 3.28. The summed E-state index contributed by atoms with van der Waals surface area (Å²) in [6.07, 6.45) is 6.27. The van der Waals surface area contributed by atoms with Crippen molar-refractivity contribution in [3.8, 4) is 0 Å². The van der Waals surface area contributed by atoms with E-state index < -0.39 is 0 Å². The molecule has 1 aliphatic heterocycles. The SMILES string of the molecule is O=C(NC1CCN(C(=O)c2csc3c2CCCC3)CC1)c1ccsc1. The van der Waals surface area contributed by atoms with Gasteiger partial charge in [0, 0.05) is 40.3 Å². The Labute approximate surface area is 155 Å². The van der Waals surface area contributed by atoms with Crippen LogP contribution in [0.2, 0.25) is 0 Å². The molecule has 0 aromatic carbocycles. The first-order chi connectivity index (χ1) is 12.2. The topological polar surface area (TPSA) is 49.4 Å². The minimum Gasteiger partial charge on any atom is -0.349 e. The second-order valence-electron chi connectivity index (χ2n) is 6.81. The van der Waals surface area contributed by atoms with Gasteiger partial charge < -0.3 is 10.2 Å². The van der Waals surface area contributed by atoms with Gasteiger partial charge in [-0.3, -0.25) is 9.59 Å². The van der Waals surface area contributed by atoms with E-state index in [1.165, 1.54) is 34.6 Å². The van der Waals surface area contributed by atoms with E-state index in [0.717, 1.165) is 49.9 Å². The van der Waals surface area contributed by atoms with Crippen LogP contribution in [-0.4, -0.2) is 35.8 Å². The van der Waals surface area contributed by atoms with Crippen molar-refractivity contribution >= 4 is 34.5 Å². The van der Waals surface area contributed by atoms with Crippen LogP contribution in [0, 0.1) is 0 Å². The van der Waals surface area contributed by atoms with Gasteiger partial charge in [0.1, 0.15) is 0 Å². The quantitative estimate of drug-likeness (QED) is 0.890. The smallest absolute Gasteiger partial charge is 0.254 e. The summed E-state index contributed by atoms with van der Waals surface area (Å²) in [6.45, 7) is 1.44. The van der Waals surface area contributed by atoms with Crippen molar-refractivity contribution in [2.45, 2.75) is 44.6 Å². The molecule has 132 valence electrons. The molecule has 1 aliphatic carbocycles. The zero-order chi connectivity index (χ0) is 17.2. The maximum absolute atomic E-state index is 12.9. The Balaban J connectivity index is 1.35. The summed E-state index contributed by atoms with van der Waals surface area (Å²) < 4.78 is 0. The van der Waals surface area contributed by atoms with Crippen LogP contribution in [0.15, 0.2) is 22.2 Å². The molecule has 3 heterocycles. The molecular formula is C19H22N2O2S2. The van der Waals surface area contributed by atoms with Gasteiger partial charge in [0.2, 0.25) is 0 Å². The molecule has 2 amide bonds. The van der Waals surface area contributed by atoms with Gasteiger partial charge in [-0.2, -0.15) is 11.3 Å². The lowest BCUT2D eigenvalue weighted by Gasteiger charge is -2.32. The normalized spacial score (nSPS) is 18.0. The minimum atomic E-state index is -0.00192. The molecule has 1 saturated heterocycles. The van der Waals surface area contributed by atoms with Crippen molar-refractivity contribution in [3.05, 3.63) is 43.8 Å². The third kappa shape index (κ3) is 3.51. The molecule has 0 saturated carbocycles. The summed E-state index contributed by atoms with van der Waals surface area (Å²) in [7, 11) is 0. The number of nitrogens with zero attached hydrogens (tertiary/aromatic N) is 1. The van der Waals surface area contributed by atoms with Crippen LogP contribution in [0.5, 0.6) is 0 Å². The number of aryl methyl sites for hydroxylation is 1. The summed E-state index contributed by atoms with van der Waals surface area (Å²) in [5.41, 5.74) is 2.96. The first-order valence-corrected chi connectivity index (χ1v) is 10.8. The number of nitrogens with one attached hydrogen (secondary N) is 1. The molecule has 1 N–H and O–H groups in total. The van der Waals surface area contributed by atoms with E-state index in [-0.39, 0.29) is 17.9 Å². The number of hydrogen-bond acceptors (Lipinski definition) is 4. The molecule has 4 rings (SSSR count). The fourth-order valence-electron chi connectivity index (χ4n) is 3.73. The monoisotopic (exact) mass is 374 g/mol. The van der Waals surface area contributed by atoms with Gasteiger partial charge in [-0.25, -0.2) is 0 Å². The van der Waals surface area contributed by atoms with Crippen LogP contribution < -0.4 is 5.32 Å². The number of hydrogen-bond donors (Lipinski definition) is 1. The van der Waals surface area contributed by atoms with Crippen molar-refractivity contribution in [2.75, 3.05) is 13.1 Å². The number of amides is 2. The van der Waals surface area contributed by atoms with E-state index in [0.29, 0.717) is 0 Å². The molecule has 2 aromatic heterocycles. The molecule has 0 radical (unpaired) electrons. The van der Waals surface area contributed by atoms with Crippen molar-refractivity contribution in [1.82, 2.24) is 10.2 Å². The van der Waals surface area contributed by atoms with Gasteiger partial charge in [-0.1, -0.05) is 0 Å². The van der Waals surface area contributed by atoms with Crippen LogP contribution in [0.3, 0.4) is 0 Å². The average molecular weight is 375 g/mol. The van der Waals surface area contributed by atoms with Gasteiger partial charge in [0.05, 0.1) is 5.56 Å². The standard InChI is InChI=1S/C19H22N2O2S2/c22-18(13-7-10-24-11-13)20-14-5-8-21(9-6-14)19(23)16-12-25-17-4-2-1-3-15(16)17/h7,10-12,14H,1-6,8-9H2,(H,20,22).